The van der Waals surface area contributed by atoms with Crippen LogP contribution in [-0.2, 0) is 17.5 Å². The van der Waals surface area contributed by atoms with Crippen molar-refractivity contribution in [2.45, 2.75) is 39.6 Å². The Hall–Kier alpha value is -4.09. The van der Waals surface area contributed by atoms with Crippen molar-refractivity contribution in [3.63, 3.8) is 0 Å². The second-order valence-corrected chi connectivity index (χ2v) is 10.6. The quantitative estimate of drug-likeness (QED) is 0.173. The molecule has 0 aliphatic rings. The monoisotopic (exact) mass is 617 g/mol. The van der Waals surface area contributed by atoms with Gasteiger partial charge in [0.1, 0.15) is 23.7 Å². The highest BCUT2D eigenvalue weighted by Crippen LogP contribution is 2.36. The zero-order chi connectivity index (χ0) is 30.3. The van der Waals surface area contributed by atoms with Crippen LogP contribution >= 0.6 is 23.2 Å². The number of carbonyl (C=O) groups excluding carboxylic acids is 1. The van der Waals surface area contributed by atoms with Crippen LogP contribution in [0.15, 0.2) is 54.6 Å². The zero-order valence-corrected chi connectivity index (χ0v) is 24.3. The highest BCUT2D eigenvalue weighted by Gasteiger charge is 2.39. The highest BCUT2D eigenvalue weighted by atomic mass is 35.5. The Morgan fingerprint density at radius 1 is 1.05 bits per heavy atom. The predicted octanol–water partition coefficient (Wildman–Crippen LogP) is 7.86. The summed E-state index contributed by atoms with van der Waals surface area (Å²) in [4.78, 5) is 12.3. The normalized spacial score (nSPS) is 11.9. The number of aryl methyl sites for hydroxylation is 1. The molecule has 0 unspecified atom stereocenters. The molecule has 0 fully saturated rings. The molecule has 0 saturated carbocycles. The minimum absolute atomic E-state index is 0.0109. The number of rotatable bonds is 7. The van der Waals surface area contributed by atoms with Gasteiger partial charge >= 0.3 is 12.1 Å². The first kappa shape index (κ1) is 29.4. The van der Waals surface area contributed by atoms with Gasteiger partial charge in [-0.3, -0.25) is 4.68 Å². The number of hydrogen-bond acceptors (Lipinski definition) is 6. The van der Waals surface area contributed by atoms with E-state index >= 15 is 0 Å². The van der Waals surface area contributed by atoms with Gasteiger partial charge in [0.2, 0.25) is 0 Å². The molecular weight excluding hydrogens is 594 g/mol. The van der Waals surface area contributed by atoms with E-state index < -0.39 is 24.4 Å². The molecule has 13 heteroatoms. The van der Waals surface area contributed by atoms with Gasteiger partial charge in [-0.2, -0.15) is 18.3 Å². The van der Waals surface area contributed by atoms with Crippen LogP contribution in [0.3, 0.4) is 0 Å². The summed E-state index contributed by atoms with van der Waals surface area (Å²) in [6.45, 7) is 5.28. The van der Waals surface area contributed by atoms with Crippen LogP contribution in [-0.4, -0.2) is 37.9 Å². The Bertz CT molecular complexity index is 1790. The van der Waals surface area contributed by atoms with Gasteiger partial charge < -0.3 is 9.47 Å². The SMILES string of the molecule is COC(=O)c1nn(C(C)C)c2cc(-c3ccc(OCc4c(C(F)(F)F)nnn4-c4c(Cl)cccc4Cl)cc3C)ccc12. The molecule has 0 amide bonds. The summed E-state index contributed by atoms with van der Waals surface area (Å²) < 4.78 is 54.8. The number of alkyl halides is 3. The topological polar surface area (TPSA) is 84.1 Å². The van der Waals surface area contributed by atoms with Gasteiger partial charge in [-0.05, 0) is 73.9 Å². The van der Waals surface area contributed by atoms with Crippen LogP contribution in [0.25, 0.3) is 27.7 Å². The predicted molar refractivity (Wildman–Crippen MR) is 152 cm³/mol. The highest BCUT2D eigenvalue weighted by molar-refractivity contribution is 6.37. The lowest BCUT2D eigenvalue weighted by atomic mass is 9.99. The van der Waals surface area contributed by atoms with Crippen molar-refractivity contribution in [3.05, 3.63) is 87.3 Å². The molecule has 2 heterocycles. The van der Waals surface area contributed by atoms with Gasteiger partial charge in [0.25, 0.3) is 0 Å². The number of benzene rings is 3. The molecule has 5 aromatic rings. The smallest absolute Gasteiger partial charge is 0.437 e. The fraction of sp³-hybridized carbons (Fsp3) is 0.241. The van der Waals surface area contributed by atoms with Crippen LogP contribution < -0.4 is 4.74 Å². The van der Waals surface area contributed by atoms with Crippen molar-refractivity contribution < 1.29 is 27.4 Å². The molecule has 5 rings (SSSR count). The lowest BCUT2D eigenvalue weighted by Gasteiger charge is -2.14. The molecule has 0 radical (unpaired) electrons. The van der Waals surface area contributed by atoms with Crippen LogP contribution in [0.2, 0.25) is 10.0 Å². The summed E-state index contributed by atoms with van der Waals surface area (Å²) >= 11 is 12.5. The maximum Gasteiger partial charge on any atom is 0.437 e. The molecule has 2 aromatic heterocycles. The number of aromatic nitrogens is 5. The summed E-state index contributed by atoms with van der Waals surface area (Å²) in [5.74, 6) is -0.185. The first-order chi connectivity index (χ1) is 19.9. The lowest BCUT2D eigenvalue weighted by Crippen LogP contribution is -2.14. The molecule has 0 atom stereocenters. The number of nitrogens with zero attached hydrogens (tertiary/aromatic N) is 5. The fourth-order valence-corrected chi connectivity index (χ4v) is 5.23. The van der Waals surface area contributed by atoms with Crippen LogP contribution in [0.5, 0.6) is 5.75 Å². The van der Waals surface area contributed by atoms with Crippen molar-refractivity contribution in [2.75, 3.05) is 7.11 Å². The second-order valence-electron chi connectivity index (χ2n) is 9.74. The van der Waals surface area contributed by atoms with E-state index in [1.165, 1.54) is 19.2 Å². The molecule has 8 nitrogen and oxygen atoms in total. The molecule has 218 valence electrons. The van der Waals surface area contributed by atoms with Gasteiger partial charge in [-0.1, -0.05) is 46.6 Å². The number of carbonyl (C=O) groups is 1. The average molecular weight is 618 g/mol. The molecule has 0 bridgehead atoms. The van der Waals surface area contributed by atoms with Crippen molar-refractivity contribution in [1.29, 1.82) is 0 Å². The van der Waals surface area contributed by atoms with E-state index in [0.717, 1.165) is 26.9 Å². The molecule has 0 aliphatic heterocycles. The average Bonchev–Trinajstić information content (AvgIpc) is 3.53. The van der Waals surface area contributed by atoms with Crippen molar-refractivity contribution >= 4 is 40.1 Å². The van der Waals surface area contributed by atoms with E-state index in [2.05, 4.69) is 15.4 Å². The third-order valence-electron chi connectivity index (χ3n) is 6.64. The van der Waals surface area contributed by atoms with Crippen molar-refractivity contribution in [1.82, 2.24) is 24.8 Å². The van der Waals surface area contributed by atoms with Gasteiger partial charge in [0.15, 0.2) is 11.4 Å². The maximum absolute atomic E-state index is 13.8. The van der Waals surface area contributed by atoms with E-state index in [4.69, 9.17) is 32.7 Å². The van der Waals surface area contributed by atoms with Crippen molar-refractivity contribution in [3.8, 4) is 22.6 Å². The summed E-state index contributed by atoms with van der Waals surface area (Å²) in [5, 5.41) is 12.4. The Morgan fingerprint density at radius 3 is 2.38 bits per heavy atom. The maximum atomic E-state index is 13.8. The number of para-hydroxylation sites is 1. The molecule has 42 heavy (non-hydrogen) atoms. The molecule has 3 aromatic carbocycles. The van der Waals surface area contributed by atoms with Crippen molar-refractivity contribution in [2.24, 2.45) is 0 Å². The summed E-state index contributed by atoms with van der Waals surface area (Å²) in [6, 6.07) is 15.4. The minimum atomic E-state index is -4.78. The Balaban J connectivity index is 1.47. The molecular formula is C29H24Cl2F3N5O3. The van der Waals surface area contributed by atoms with Gasteiger partial charge in [-0.25, -0.2) is 9.48 Å². The third-order valence-corrected chi connectivity index (χ3v) is 7.25. The molecule has 0 saturated heterocycles. The largest absolute Gasteiger partial charge is 0.487 e. The summed E-state index contributed by atoms with van der Waals surface area (Å²) in [7, 11) is 1.31. The van der Waals surface area contributed by atoms with E-state index in [0.29, 0.717) is 11.1 Å². The molecule has 0 aliphatic carbocycles. The van der Waals surface area contributed by atoms with Crippen LogP contribution in [0.1, 0.15) is 47.3 Å². The second kappa shape index (κ2) is 11.3. The number of halogens is 5. The molecule has 0 N–H and O–H groups in total. The third kappa shape index (κ3) is 5.41. The summed E-state index contributed by atoms with van der Waals surface area (Å²) in [6.07, 6.45) is -4.78. The first-order valence-corrected chi connectivity index (χ1v) is 13.5. The first-order valence-electron chi connectivity index (χ1n) is 12.7. The van der Waals surface area contributed by atoms with E-state index in [9.17, 15) is 18.0 Å². The Kier molecular flexibility index (Phi) is 7.91. The molecule has 0 spiro atoms. The van der Waals surface area contributed by atoms with E-state index in [1.54, 1.807) is 22.9 Å². The van der Waals surface area contributed by atoms with Crippen LogP contribution in [0.4, 0.5) is 13.2 Å². The lowest BCUT2D eigenvalue weighted by molar-refractivity contribution is -0.142. The van der Waals surface area contributed by atoms with Crippen LogP contribution in [0, 0.1) is 6.92 Å². The Morgan fingerprint density at radius 2 is 1.76 bits per heavy atom. The van der Waals surface area contributed by atoms with Gasteiger partial charge in [-0.15, -0.1) is 5.10 Å². The van der Waals surface area contributed by atoms with Gasteiger partial charge in [0, 0.05) is 11.4 Å². The zero-order valence-electron chi connectivity index (χ0n) is 22.8. The minimum Gasteiger partial charge on any atom is -0.487 e. The van der Waals surface area contributed by atoms with E-state index in [-0.39, 0.29) is 33.2 Å². The fourth-order valence-electron chi connectivity index (χ4n) is 4.67. The van der Waals surface area contributed by atoms with Gasteiger partial charge in [0.05, 0.1) is 22.7 Å². The number of fused-ring (bicyclic) bond motifs is 1. The number of esters is 1. The summed E-state index contributed by atoms with van der Waals surface area (Å²) in [5.41, 5.74) is 2.05. The number of methoxy groups -OCH3 is 1. The number of ether oxygens (including phenoxy) is 2. The van der Waals surface area contributed by atoms with E-state index in [1.807, 2.05) is 45.0 Å². The Labute approximate surface area is 248 Å². The number of hydrogen-bond donors (Lipinski definition) is 0. The standard InChI is InChI=1S/C29H24Cl2F3N5O3/c1-15(2)38-23-13-17(8-10-20(23)25(36-38)28(40)41-4)19-11-9-18(12-16(19)3)42-14-24-27(29(32,33)34)35-37-39(24)26-21(30)6-5-7-22(26)31/h5-13,15H,14H2,1-4H3.